The average molecular weight is 173 g/mol. The first kappa shape index (κ1) is 4.10. The summed E-state index contributed by atoms with van der Waals surface area (Å²) < 4.78 is 38.3. The molecule has 0 aromatic heterocycles. The molecular formula is C13H12. The molecule has 0 amide bonds. The molecule has 0 unspecified atom stereocenters. The van der Waals surface area contributed by atoms with Gasteiger partial charge in [0.15, 0.2) is 0 Å². The molecule has 2 aromatic carbocycles. The minimum Gasteiger partial charge on any atom is -0.0622 e. The predicted octanol–water partition coefficient (Wildman–Crippen LogP) is 3.28. The van der Waals surface area contributed by atoms with E-state index in [0.29, 0.717) is 12.0 Å². The molecule has 0 spiro atoms. The van der Waals surface area contributed by atoms with Crippen LogP contribution in [-0.4, -0.2) is 0 Å². The molecule has 0 aliphatic rings. The second kappa shape index (κ2) is 3.90. The second-order valence-corrected chi connectivity index (χ2v) is 2.77. The Morgan fingerprint density at radius 3 is 2.23 bits per heavy atom. The van der Waals surface area contributed by atoms with Gasteiger partial charge in [0.2, 0.25) is 0 Å². The Bertz CT molecular complexity index is 549. The van der Waals surface area contributed by atoms with Crippen LogP contribution >= 0.6 is 0 Å². The quantitative estimate of drug-likeness (QED) is 0.653. The third-order valence-corrected chi connectivity index (χ3v) is 1.78. The fourth-order valence-electron chi connectivity index (χ4n) is 1.16. The van der Waals surface area contributed by atoms with Gasteiger partial charge in [-0.2, -0.15) is 0 Å². The van der Waals surface area contributed by atoms with E-state index in [1.165, 1.54) is 0 Å². The Labute approximate surface area is 85.9 Å². The van der Waals surface area contributed by atoms with Gasteiger partial charge in [-0.15, -0.1) is 0 Å². The van der Waals surface area contributed by atoms with Gasteiger partial charge in [-0.1, -0.05) is 60.5 Å². The van der Waals surface area contributed by atoms with Crippen LogP contribution in [0.5, 0.6) is 0 Å². The summed E-state index contributed by atoms with van der Waals surface area (Å²) >= 11 is 0. The fourth-order valence-corrected chi connectivity index (χ4v) is 1.16. The zero-order chi connectivity index (χ0) is 13.3. The molecule has 0 heterocycles. The highest BCUT2D eigenvalue weighted by Crippen LogP contribution is 2.07. The molecule has 0 radical (unpaired) electrons. The maximum atomic E-state index is 7.81. The van der Waals surface area contributed by atoms with Crippen LogP contribution in [-0.2, 0) is 6.42 Å². The molecule has 2 aromatic rings. The summed E-state index contributed by atoms with van der Waals surface area (Å²) in [6.07, 6.45) is 0.344. The Balaban J connectivity index is 2.52. The van der Waals surface area contributed by atoms with E-state index in [-0.39, 0.29) is 30.2 Å². The zero-order valence-corrected chi connectivity index (χ0v) is 7.09. The van der Waals surface area contributed by atoms with Crippen molar-refractivity contribution in [1.82, 2.24) is 0 Å². The Hall–Kier alpha value is -1.56. The van der Waals surface area contributed by atoms with E-state index in [1.807, 2.05) is 30.3 Å². The molecule has 0 atom stereocenters. The molecule has 0 saturated carbocycles. The topological polar surface area (TPSA) is 0 Å². The summed E-state index contributed by atoms with van der Waals surface area (Å²) in [6, 6.07) is 8.22. The van der Waals surface area contributed by atoms with Gasteiger partial charge in [0, 0.05) is 0 Å². The molecule has 0 saturated heterocycles. The van der Waals surface area contributed by atoms with Gasteiger partial charge in [-0.05, 0) is 17.5 Å². The van der Waals surface area contributed by atoms with Gasteiger partial charge >= 0.3 is 0 Å². The van der Waals surface area contributed by atoms with Crippen molar-refractivity contribution in [2.75, 3.05) is 0 Å². The lowest BCUT2D eigenvalue weighted by atomic mass is 10.1. The first-order valence-electron chi connectivity index (χ1n) is 6.62. The summed E-state index contributed by atoms with van der Waals surface area (Å²) in [4.78, 5) is 0. The average Bonchev–Trinajstić information content (AvgIpc) is 2.40. The number of hydrogen-bond acceptors (Lipinski definition) is 0. The summed E-state index contributed by atoms with van der Waals surface area (Å²) in [5, 5.41) is 0. The molecule has 0 N–H and O–H groups in total. The van der Waals surface area contributed by atoms with Crippen molar-refractivity contribution in [2.24, 2.45) is 0 Å². The van der Waals surface area contributed by atoms with Gasteiger partial charge < -0.3 is 0 Å². The Morgan fingerprint density at radius 2 is 1.54 bits per heavy atom. The maximum absolute atomic E-state index is 7.81. The Morgan fingerprint density at radius 1 is 0.846 bits per heavy atom. The highest BCUT2D eigenvalue weighted by molar-refractivity contribution is 5.25. The smallest absolute Gasteiger partial charge is 0.0622 e. The van der Waals surface area contributed by atoms with Gasteiger partial charge in [0.1, 0.15) is 0 Å². The van der Waals surface area contributed by atoms with Crippen molar-refractivity contribution < 1.29 is 6.85 Å². The first-order chi connectivity index (χ1) is 8.52. The molecule has 0 aliphatic heterocycles. The third kappa shape index (κ3) is 2.19. The van der Waals surface area contributed by atoms with Crippen molar-refractivity contribution in [3.05, 3.63) is 71.7 Å². The molecule has 0 aliphatic carbocycles. The lowest BCUT2D eigenvalue weighted by Crippen LogP contribution is -1.85. The van der Waals surface area contributed by atoms with Crippen LogP contribution in [0.25, 0.3) is 0 Å². The number of rotatable bonds is 2. The van der Waals surface area contributed by atoms with E-state index in [9.17, 15) is 0 Å². The van der Waals surface area contributed by atoms with Gasteiger partial charge in [0.05, 0.1) is 6.85 Å². The molecule has 0 nitrogen and oxygen atoms in total. The summed E-state index contributed by atoms with van der Waals surface area (Å²) in [6.45, 7) is 0. The van der Waals surface area contributed by atoms with Crippen LogP contribution in [0.3, 0.4) is 0 Å². The van der Waals surface area contributed by atoms with Gasteiger partial charge in [0.25, 0.3) is 0 Å². The molecular weight excluding hydrogens is 156 g/mol. The third-order valence-electron chi connectivity index (χ3n) is 1.78. The number of benzene rings is 2. The van der Waals surface area contributed by atoms with Gasteiger partial charge in [-0.25, -0.2) is 0 Å². The van der Waals surface area contributed by atoms with Crippen LogP contribution in [0, 0.1) is 0 Å². The summed E-state index contributed by atoms with van der Waals surface area (Å²) in [5.41, 5.74) is 1.27. The normalized spacial score (nSPS) is 15.2. The van der Waals surface area contributed by atoms with E-state index in [0.717, 1.165) is 5.56 Å². The second-order valence-electron chi connectivity index (χ2n) is 2.77. The maximum Gasteiger partial charge on any atom is 0.0626 e. The Kier molecular flexibility index (Phi) is 1.23. The fraction of sp³-hybridized carbons (Fsp3) is 0.0769. The monoisotopic (exact) mass is 173 g/mol. The van der Waals surface area contributed by atoms with Crippen molar-refractivity contribution in [2.45, 2.75) is 6.42 Å². The molecule has 0 heteroatoms. The van der Waals surface area contributed by atoms with E-state index < -0.39 is 0 Å². The minimum absolute atomic E-state index is 0.121. The standard InChI is InChI=1S/C13H12/c1-3-7-12(8-4-1)11-13-9-5-2-6-10-13/h1-10H,11H2/i1D,3D,4D,7D,8D. The SMILES string of the molecule is [2H]c1c([2H])c([2H])c(Cc2ccccc2)c([2H])c1[2H]. The molecule has 0 bridgehead atoms. The van der Waals surface area contributed by atoms with Crippen LogP contribution in [0.15, 0.2) is 60.5 Å². The lowest BCUT2D eigenvalue weighted by molar-refractivity contribution is 1.19. The molecule has 2 rings (SSSR count). The van der Waals surface area contributed by atoms with E-state index >= 15 is 0 Å². The van der Waals surface area contributed by atoms with Crippen molar-refractivity contribution in [3.8, 4) is 0 Å². The van der Waals surface area contributed by atoms with Crippen LogP contribution in [0.4, 0.5) is 0 Å². The molecule has 64 valence electrons. The largest absolute Gasteiger partial charge is 0.0626 e. The van der Waals surface area contributed by atoms with E-state index in [4.69, 9.17) is 6.85 Å². The van der Waals surface area contributed by atoms with Crippen LogP contribution in [0.1, 0.15) is 18.0 Å². The summed E-state index contributed by atoms with van der Waals surface area (Å²) in [5.74, 6) is 0. The van der Waals surface area contributed by atoms with Crippen molar-refractivity contribution in [3.63, 3.8) is 0 Å². The van der Waals surface area contributed by atoms with Crippen LogP contribution in [0.2, 0.25) is 0 Å². The molecule has 13 heavy (non-hydrogen) atoms. The summed E-state index contributed by atoms with van der Waals surface area (Å²) in [7, 11) is 0. The minimum atomic E-state index is -0.346. The van der Waals surface area contributed by atoms with Crippen molar-refractivity contribution in [1.29, 1.82) is 0 Å². The van der Waals surface area contributed by atoms with E-state index in [2.05, 4.69) is 0 Å². The molecule has 0 fully saturated rings. The van der Waals surface area contributed by atoms with E-state index in [1.54, 1.807) is 0 Å². The predicted molar refractivity (Wildman–Crippen MR) is 55.7 cm³/mol. The highest BCUT2D eigenvalue weighted by Gasteiger charge is 1.92. The number of hydrogen-bond donors (Lipinski definition) is 0. The highest BCUT2D eigenvalue weighted by atomic mass is 14.0. The van der Waals surface area contributed by atoms with Crippen LogP contribution < -0.4 is 0 Å². The zero-order valence-electron chi connectivity index (χ0n) is 12.1. The lowest BCUT2D eigenvalue weighted by Gasteiger charge is -2.00. The first-order valence-corrected chi connectivity index (χ1v) is 4.12. The van der Waals surface area contributed by atoms with Gasteiger partial charge in [-0.3, -0.25) is 0 Å². The van der Waals surface area contributed by atoms with Crippen molar-refractivity contribution >= 4 is 0 Å².